The molecule has 0 spiro atoms. The van der Waals surface area contributed by atoms with Gasteiger partial charge in [0.2, 0.25) is 5.89 Å². The van der Waals surface area contributed by atoms with E-state index in [-0.39, 0.29) is 5.91 Å². The van der Waals surface area contributed by atoms with Crippen molar-refractivity contribution in [3.63, 3.8) is 0 Å². The summed E-state index contributed by atoms with van der Waals surface area (Å²) in [4.78, 5) is 23.6. The van der Waals surface area contributed by atoms with Crippen molar-refractivity contribution in [2.24, 2.45) is 0 Å². The number of hydrogen-bond acceptors (Lipinski definition) is 7. The van der Waals surface area contributed by atoms with Crippen molar-refractivity contribution in [3.8, 4) is 34.3 Å². The van der Waals surface area contributed by atoms with Gasteiger partial charge in [-0.1, -0.05) is 30.3 Å². The molecule has 32 heavy (non-hydrogen) atoms. The van der Waals surface area contributed by atoms with Crippen LogP contribution < -0.4 is 5.32 Å². The van der Waals surface area contributed by atoms with Gasteiger partial charge in [-0.3, -0.25) is 9.78 Å². The average Bonchev–Trinajstić information content (AvgIpc) is 3.35. The SMILES string of the molecule is CC1CN(C(=O)c2ccc(-c3cncc(-c4nnc(-c5ccccc5)o4)n3)cc2)CCN1. The lowest BCUT2D eigenvalue weighted by atomic mass is 10.1. The van der Waals surface area contributed by atoms with E-state index in [9.17, 15) is 4.79 Å². The van der Waals surface area contributed by atoms with Gasteiger partial charge < -0.3 is 14.6 Å². The summed E-state index contributed by atoms with van der Waals surface area (Å²) >= 11 is 0. The molecule has 0 radical (unpaired) electrons. The largest absolute Gasteiger partial charge is 0.415 e. The summed E-state index contributed by atoms with van der Waals surface area (Å²) in [5, 5.41) is 11.6. The van der Waals surface area contributed by atoms with Crippen molar-refractivity contribution < 1.29 is 9.21 Å². The molecular formula is C24H22N6O2. The Morgan fingerprint density at radius 1 is 0.969 bits per heavy atom. The fraction of sp³-hybridized carbons (Fsp3) is 0.208. The van der Waals surface area contributed by atoms with E-state index in [0.29, 0.717) is 47.9 Å². The molecule has 5 rings (SSSR count). The summed E-state index contributed by atoms with van der Waals surface area (Å²) in [6, 6.07) is 17.3. The molecule has 3 heterocycles. The molecule has 8 nitrogen and oxygen atoms in total. The number of carbonyl (C=O) groups excluding carboxylic acids is 1. The van der Waals surface area contributed by atoms with Gasteiger partial charge in [0, 0.05) is 42.4 Å². The van der Waals surface area contributed by atoms with Crippen LogP contribution in [0.25, 0.3) is 34.3 Å². The fourth-order valence-electron chi connectivity index (χ4n) is 3.72. The zero-order valence-electron chi connectivity index (χ0n) is 17.6. The molecule has 1 fully saturated rings. The second-order valence-electron chi connectivity index (χ2n) is 7.75. The maximum Gasteiger partial charge on any atom is 0.268 e. The highest BCUT2D eigenvalue weighted by atomic mass is 16.4. The summed E-state index contributed by atoms with van der Waals surface area (Å²) in [7, 11) is 0. The normalized spacial score (nSPS) is 16.2. The minimum Gasteiger partial charge on any atom is -0.415 e. The van der Waals surface area contributed by atoms with Crippen LogP contribution in [0.2, 0.25) is 0 Å². The van der Waals surface area contributed by atoms with E-state index < -0.39 is 0 Å². The van der Waals surface area contributed by atoms with Gasteiger partial charge in [-0.15, -0.1) is 10.2 Å². The molecule has 1 saturated heterocycles. The van der Waals surface area contributed by atoms with Crippen LogP contribution in [0.1, 0.15) is 17.3 Å². The number of hydrogen-bond donors (Lipinski definition) is 1. The highest BCUT2D eigenvalue weighted by Crippen LogP contribution is 2.24. The first-order valence-corrected chi connectivity index (χ1v) is 10.5. The Morgan fingerprint density at radius 3 is 2.50 bits per heavy atom. The zero-order valence-corrected chi connectivity index (χ0v) is 17.6. The molecule has 1 amide bonds. The van der Waals surface area contributed by atoms with E-state index in [0.717, 1.165) is 17.7 Å². The van der Waals surface area contributed by atoms with E-state index in [1.807, 2.05) is 59.5 Å². The van der Waals surface area contributed by atoms with Crippen molar-refractivity contribution in [1.82, 2.24) is 30.4 Å². The Labute approximate surface area is 185 Å². The Bertz CT molecular complexity index is 1220. The van der Waals surface area contributed by atoms with E-state index in [4.69, 9.17) is 4.42 Å². The topological polar surface area (TPSA) is 97.0 Å². The maximum atomic E-state index is 12.8. The molecule has 1 aliphatic heterocycles. The summed E-state index contributed by atoms with van der Waals surface area (Å²) in [6.07, 6.45) is 3.27. The molecule has 1 N–H and O–H groups in total. The molecule has 0 saturated carbocycles. The molecule has 8 heteroatoms. The summed E-state index contributed by atoms with van der Waals surface area (Å²) in [5.41, 5.74) is 3.52. The Hall–Kier alpha value is -3.91. The Kier molecular flexibility index (Phi) is 5.43. The van der Waals surface area contributed by atoms with Gasteiger partial charge in [0.25, 0.3) is 11.8 Å². The first-order valence-electron chi connectivity index (χ1n) is 10.5. The molecular weight excluding hydrogens is 404 g/mol. The van der Waals surface area contributed by atoms with Gasteiger partial charge in [0.1, 0.15) is 5.69 Å². The minimum atomic E-state index is 0.0454. The molecule has 2 aromatic carbocycles. The zero-order chi connectivity index (χ0) is 21.9. The monoisotopic (exact) mass is 426 g/mol. The van der Waals surface area contributed by atoms with Gasteiger partial charge in [-0.25, -0.2) is 4.98 Å². The quantitative estimate of drug-likeness (QED) is 0.535. The van der Waals surface area contributed by atoms with Crippen molar-refractivity contribution in [3.05, 3.63) is 72.6 Å². The van der Waals surface area contributed by atoms with Gasteiger partial charge in [-0.2, -0.15) is 0 Å². The molecule has 160 valence electrons. The van der Waals surface area contributed by atoms with Crippen LogP contribution >= 0.6 is 0 Å². The van der Waals surface area contributed by atoms with Gasteiger partial charge in [0.15, 0.2) is 0 Å². The lowest BCUT2D eigenvalue weighted by Gasteiger charge is -2.32. The van der Waals surface area contributed by atoms with E-state index in [1.165, 1.54) is 0 Å². The number of carbonyl (C=O) groups is 1. The van der Waals surface area contributed by atoms with Crippen molar-refractivity contribution in [2.75, 3.05) is 19.6 Å². The third-order valence-electron chi connectivity index (χ3n) is 5.38. The van der Waals surface area contributed by atoms with Gasteiger partial charge in [0.05, 0.1) is 18.1 Å². The standard InChI is InChI=1S/C24H22N6O2/c1-16-15-30(12-11-26-16)24(31)19-9-7-17(8-10-19)20-13-25-14-21(27-20)23-29-28-22(32-23)18-5-3-2-4-6-18/h2-10,13-14,16,26H,11-12,15H2,1H3. The summed E-state index contributed by atoms with van der Waals surface area (Å²) < 4.78 is 5.79. The molecule has 1 unspecified atom stereocenters. The van der Waals surface area contributed by atoms with Crippen LogP contribution in [0.3, 0.4) is 0 Å². The van der Waals surface area contributed by atoms with E-state index in [1.54, 1.807) is 12.4 Å². The van der Waals surface area contributed by atoms with Crippen molar-refractivity contribution in [1.29, 1.82) is 0 Å². The summed E-state index contributed by atoms with van der Waals surface area (Å²) in [5.74, 6) is 0.778. The third kappa shape index (κ3) is 4.13. The molecule has 1 atom stereocenters. The van der Waals surface area contributed by atoms with Crippen LogP contribution in [-0.4, -0.2) is 56.6 Å². The third-order valence-corrected chi connectivity index (χ3v) is 5.38. The number of nitrogens with one attached hydrogen (secondary N) is 1. The fourth-order valence-corrected chi connectivity index (χ4v) is 3.72. The van der Waals surface area contributed by atoms with Crippen LogP contribution in [-0.2, 0) is 0 Å². The van der Waals surface area contributed by atoms with Crippen LogP contribution in [0.4, 0.5) is 0 Å². The number of piperazine rings is 1. The second kappa shape index (κ2) is 8.68. The predicted octanol–water partition coefficient (Wildman–Crippen LogP) is 3.29. The maximum absolute atomic E-state index is 12.8. The molecule has 2 aromatic heterocycles. The number of aromatic nitrogens is 4. The average molecular weight is 426 g/mol. The number of amides is 1. The number of benzene rings is 2. The molecule has 0 bridgehead atoms. The van der Waals surface area contributed by atoms with Crippen LogP contribution in [0.15, 0.2) is 71.4 Å². The first kappa shape index (κ1) is 20.0. The van der Waals surface area contributed by atoms with Gasteiger partial charge >= 0.3 is 0 Å². The number of rotatable bonds is 4. The van der Waals surface area contributed by atoms with Crippen molar-refractivity contribution >= 4 is 5.91 Å². The lowest BCUT2D eigenvalue weighted by Crippen LogP contribution is -2.51. The summed E-state index contributed by atoms with van der Waals surface area (Å²) in [6.45, 7) is 4.33. The molecule has 0 aliphatic carbocycles. The smallest absolute Gasteiger partial charge is 0.268 e. The second-order valence-corrected chi connectivity index (χ2v) is 7.75. The molecule has 1 aliphatic rings. The van der Waals surface area contributed by atoms with E-state index >= 15 is 0 Å². The highest BCUT2D eigenvalue weighted by Gasteiger charge is 2.21. The first-order chi connectivity index (χ1) is 15.7. The Morgan fingerprint density at radius 2 is 1.72 bits per heavy atom. The van der Waals surface area contributed by atoms with Gasteiger partial charge in [-0.05, 0) is 31.2 Å². The van der Waals surface area contributed by atoms with Crippen LogP contribution in [0, 0.1) is 0 Å². The Balaban J connectivity index is 1.36. The lowest BCUT2D eigenvalue weighted by molar-refractivity contribution is 0.0709. The highest BCUT2D eigenvalue weighted by molar-refractivity contribution is 5.94. The molecule has 4 aromatic rings. The number of nitrogens with zero attached hydrogens (tertiary/aromatic N) is 5. The van der Waals surface area contributed by atoms with E-state index in [2.05, 4.69) is 32.4 Å². The minimum absolute atomic E-state index is 0.0454. The van der Waals surface area contributed by atoms with Crippen molar-refractivity contribution in [2.45, 2.75) is 13.0 Å². The predicted molar refractivity (Wildman–Crippen MR) is 120 cm³/mol. The van der Waals surface area contributed by atoms with Crippen LogP contribution in [0.5, 0.6) is 0 Å².